The molecule has 200 valence electrons. The Kier molecular flexibility index (Phi) is 7.67. The summed E-state index contributed by atoms with van der Waals surface area (Å²) in [6, 6.07) is 16.5. The number of amides is 2. The minimum atomic E-state index is -3.41. The molecule has 1 N–H and O–H groups in total. The first-order valence-electron chi connectivity index (χ1n) is 12.7. The number of anilines is 1. The molecule has 0 radical (unpaired) electrons. The lowest BCUT2D eigenvalue weighted by atomic mass is 9.74. The van der Waals surface area contributed by atoms with Crippen LogP contribution in [0.5, 0.6) is 0 Å². The Morgan fingerprint density at radius 2 is 1.65 bits per heavy atom. The van der Waals surface area contributed by atoms with Gasteiger partial charge in [0.2, 0.25) is 21.8 Å². The van der Waals surface area contributed by atoms with Crippen LogP contribution in [0.4, 0.5) is 5.69 Å². The molecule has 0 aliphatic carbocycles. The van der Waals surface area contributed by atoms with Crippen molar-refractivity contribution in [3.05, 3.63) is 65.7 Å². The van der Waals surface area contributed by atoms with Crippen LogP contribution in [0.1, 0.15) is 44.7 Å². The molecule has 0 unspecified atom stereocenters. The molecule has 0 aromatic heterocycles. The highest BCUT2D eigenvalue weighted by atomic mass is 32.2. The fourth-order valence-electron chi connectivity index (χ4n) is 5.10. The summed E-state index contributed by atoms with van der Waals surface area (Å²) in [6.45, 7) is 7.19. The number of carbonyl (C=O) groups excluding carboxylic acids is 2. The van der Waals surface area contributed by atoms with Crippen LogP contribution in [0.25, 0.3) is 0 Å². The summed E-state index contributed by atoms with van der Waals surface area (Å²) in [7, 11) is -3.41. The monoisotopic (exact) mass is 527 g/mol. The summed E-state index contributed by atoms with van der Waals surface area (Å²) >= 11 is 0. The SMILES string of the molecule is CC(C)(C)C(=O)N[C@H](COCc1ccccc1)C(=O)N1CCC2(CC1)CN(S(C)(=O)=O)c1ccccc12. The van der Waals surface area contributed by atoms with E-state index in [4.69, 9.17) is 4.74 Å². The summed E-state index contributed by atoms with van der Waals surface area (Å²) in [5.41, 5.74) is 1.77. The highest BCUT2D eigenvalue weighted by Crippen LogP contribution is 2.47. The maximum atomic E-state index is 13.6. The third-order valence-electron chi connectivity index (χ3n) is 7.30. The highest BCUT2D eigenvalue weighted by molar-refractivity contribution is 7.92. The smallest absolute Gasteiger partial charge is 0.247 e. The van der Waals surface area contributed by atoms with Crippen LogP contribution in [0.2, 0.25) is 0 Å². The standard InChI is InChI=1S/C28H37N3O5S/c1-27(2,3)26(33)29-23(19-36-18-21-10-6-5-7-11-21)25(32)30-16-14-28(15-17-30)20-31(37(4,34)35)24-13-9-8-12-22(24)28/h5-13,23H,14-20H2,1-4H3,(H,29,33)/t23-/m1/s1. The second kappa shape index (κ2) is 10.5. The first kappa shape index (κ1) is 27.1. The fourth-order valence-corrected chi connectivity index (χ4v) is 6.10. The Balaban J connectivity index is 1.46. The minimum absolute atomic E-state index is 0.0713. The summed E-state index contributed by atoms with van der Waals surface area (Å²) < 4.78 is 32.3. The number of sulfonamides is 1. The molecule has 2 aliphatic rings. The second-order valence-corrected chi connectivity index (χ2v) is 13.1. The van der Waals surface area contributed by atoms with Crippen LogP contribution in [0.3, 0.4) is 0 Å². The van der Waals surface area contributed by atoms with E-state index in [0.29, 0.717) is 39.1 Å². The number of piperidine rings is 1. The number of fused-ring (bicyclic) bond motifs is 2. The Morgan fingerprint density at radius 3 is 2.27 bits per heavy atom. The molecule has 1 spiro atoms. The summed E-state index contributed by atoms with van der Waals surface area (Å²) in [5.74, 6) is -0.386. The van der Waals surface area contributed by atoms with E-state index >= 15 is 0 Å². The lowest BCUT2D eigenvalue weighted by molar-refractivity contribution is -0.141. The molecular formula is C28H37N3O5S. The number of carbonyl (C=O) groups is 2. The lowest BCUT2D eigenvalue weighted by Crippen LogP contribution is -2.56. The maximum absolute atomic E-state index is 13.6. The van der Waals surface area contributed by atoms with E-state index in [1.165, 1.54) is 10.6 Å². The zero-order chi connectivity index (χ0) is 26.8. The van der Waals surface area contributed by atoms with Crippen molar-refractivity contribution in [3.63, 3.8) is 0 Å². The predicted molar refractivity (Wildman–Crippen MR) is 144 cm³/mol. The normalized spacial score (nSPS) is 17.9. The van der Waals surface area contributed by atoms with Crippen LogP contribution in [-0.2, 0) is 36.4 Å². The van der Waals surface area contributed by atoms with Crippen molar-refractivity contribution in [3.8, 4) is 0 Å². The first-order valence-corrected chi connectivity index (χ1v) is 14.5. The number of rotatable bonds is 7. The Bertz CT molecular complexity index is 1230. The maximum Gasteiger partial charge on any atom is 0.247 e. The lowest BCUT2D eigenvalue weighted by Gasteiger charge is -2.41. The van der Waals surface area contributed by atoms with Crippen molar-refractivity contribution >= 4 is 27.5 Å². The molecular weight excluding hydrogens is 490 g/mol. The third kappa shape index (κ3) is 5.99. The van der Waals surface area contributed by atoms with E-state index in [0.717, 1.165) is 16.8 Å². The molecule has 1 saturated heterocycles. The van der Waals surface area contributed by atoms with E-state index in [2.05, 4.69) is 5.32 Å². The van der Waals surface area contributed by atoms with Crippen molar-refractivity contribution in [2.75, 3.05) is 36.8 Å². The number of ether oxygens (including phenoxy) is 1. The molecule has 1 fully saturated rings. The molecule has 2 aromatic rings. The van der Waals surface area contributed by atoms with Crippen LogP contribution in [0, 0.1) is 5.41 Å². The Labute approximate surface area is 220 Å². The molecule has 2 heterocycles. The molecule has 0 saturated carbocycles. The quantitative estimate of drug-likeness (QED) is 0.597. The van der Waals surface area contributed by atoms with Gasteiger partial charge in [-0.1, -0.05) is 69.3 Å². The zero-order valence-corrected chi connectivity index (χ0v) is 22.9. The van der Waals surface area contributed by atoms with Gasteiger partial charge >= 0.3 is 0 Å². The van der Waals surface area contributed by atoms with Gasteiger partial charge in [-0.2, -0.15) is 0 Å². The molecule has 2 aliphatic heterocycles. The molecule has 2 amide bonds. The van der Waals surface area contributed by atoms with Gasteiger partial charge in [0.25, 0.3) is 0 Å². The van der Waals surface area contributed by atoms with E-state index in [9.17, 15) is 18.0 Å². The summed E-state index contributed by atoms with van der Waals surface area (Å²) in [4.78, 5) is 28.1. The van der Waals surface area contributed by atoms with Crippen LogP contribution in [-0.4, -0.2) is 63.7 Å². The number of hydrogen-bond acceptors (Lipinski definition) is 5. The van der Waals surface area contributed by atoms with Gasteiger partial charge in [-0.15, -0.1) is 0 Å². The van der Waals surface area contributed by atoms with Gasteiger partial charge in [0.05, 0.1) is 25.2 Å². The van der Waals surface area contributed by atoms with Crippen molar-refractivity contribution in [1.29, 1.82) is 0 Å². The molecule has 9 heteroatoms. The molecule has 0 bridgehead atoms. The van der Waals surface area contributed by atoms with E-state index < -0.39 is 21.5 Å². The van der Waals surface area contributed by atoms with Gasteiger partial charge in [0, 0.05) is 30.5 Å². The molecule has 2 aromatic carbocycles. The average molecular weight is 528 g/mol. The summed E-state index contributed by atoms with van der Waals surface area (Å²) in [6.07, 6.45) is 2.53. The number of hydrogen-bond donors (Lipinski definition) is 1. The van der Waals surface area contributed by atoms with Gasteiger partial charge < -0.3 is 15.0 Å². The molecule has 1 atom stereocenters. The topological polar surface area (TPSA) is 96.0 Å². The Morgan fingerprint density at radius 1 is 1.03 bits per heavy atom. The second-order valence-electron chi connectivity index (χ2n) is 11.2. The van der Waals surface area contributed by atoms with Crippen LogP contribution < -0.4 is 9.62 Å². The van der Waals surface area contributed by atoms with Gasteiger partial charge in [-0.25, -0.2) is 8.42 Å². The van der Waals surface area contributed by atoms with Gasteiger partial charge in [-0.05, 0) is 30.0 Å². The number of nitrogens with zero attached hydrogens (tertiary/aromatic N) is 2. The fraction of sp³-hybridized carbons (Fsp3) is 0.500. The Hall–Kier alpha value is -2.91. The number of para-hydroxylation sites is 1. The number of likely N-dealkylation sites (tertiary alicyclic amines) is 1. The average Bonchev–Trinajstić information content (AvgIpc) is 3.18. The van der Waals surface area contributed by atoms with E-state index in [1.807, 2.05) is 75.4 Å². The van der Waals surface area contributed by atoms with Gasteiger partial charge in [-0.3, -0.25) is 13.9 Å². The minimum Gasteiger partial charge on any atom is -0.374 e. The van der Waals surface area contributed by atoms with Crippen LogP contribution >= 0.6 is 0 Å². The van der Waals surface area contributed by atoms with Crippen LogP contribution in [0.15, 0.2) is 54.6 Å². The number of benzene rings is 2. The van der Waals surface area contributed by atoms with Crippen molar-refractivity contribution < 1.29 is 22.7 Å². The van der Waals surface area contributed by atoms with Crippen molar-refractivity contribution in [1.82, 2.24) is 10.2 Å². The number of nitrogens with one attached hydrogen (secondary N) is 1. The van der Waals surface area contributed by atoms with Gasteiger partial charge in [0.15, 0.2) is 0 Å². The van der Waals surface area contributed by atoms with Crippen molar-refractivity contribution in [2.45, 2.75) is 51.7 Å². The molecule has 37 heavy (non-hydrogen) atoms. The van der Waals surface area contributed by atoms with Crippen molar-refractivity contribution in [2.24, 2.45) is 5.41 Å². The van der Waals surface area contributed by atoms with Gasteiger partial charge in [0.1, 0.15) is 6.04 Å². The zero-order valence-electron chi connectivity index (χ0n) is 22.1. The summed E-state index contributed by atoms with van der Waals surface area (Å²) in [5, 5.41) is 2.90. The highest BCUT2D eigenvalue weighted by Gasteiger charge is 2.48. The van der Waals surface area contributed by atoms with E-state index in [-0.39, 0.29) is 23.8 Å². The third-order valence-corrected chi connectivity index (χ3v) is 8.43. The first-order chi connectivity index (χ1) is 17.4. The predicted octanol–water partition coefficient (Wildman–Crippen LogP) is 3.07. The molecule has 4 rings (SSSR count). The largest absolute Gasteiger partial charge is 0.374 e. The molecule has 8 nitrogen and oxygen atoms in total. The van der Waals surface area contributed by atoms with E-state index in [1.54, 1.807) is 4.90 Å².